The molecule has 3 unspecified atom stereocenters. The molecule has 2 amide bonds. The summed E-state index contributed by atoms with van der Waals surface area (Å²) in [5.74, 6) is -2.66. The number of ether oxygens (including phenoxy) is 1. The monoisotopic (exact) mass is 577 g/mol. The Morgan fingerprint density at radius 1 is 1.05 bits per heavy atom. The van der Waals surface area contributed by atoms with E-state index >= 15 is 0 Å². The van der Waals surface area contributed by atoms with Gasteiger partial charge in [-0.1, -0.05) is 61.3 Å². The molecule has 210 valence electrons. The van der Waals surface area contributed by atoms with Gasteiger partial charge in [0, 0.05) is 20.8 Å². The molecule has 1 heterocycles. The molecule has 1 aliphatic rings. The molecule has 0 saturated heterocycles. The van der Waals surface area contributed by atoms with Crippen LogP contribution in [0.1, 0.15) is 39.7 Å². The minimum atomic E-state index is -1.36. The second-order valence-corrected chi connectivity index (χ2v) is 10.8. The third-order valence-electron chi connectivity index (χ3n) is 6.84. The molecule has 0 saturated carbocycles. The summed E-state index contributed by atoms with van der Waals surface area (Å²) in [6, 6.07) is 10.2. The Balaban J connectivity index is 1.70. The van der Waals surface area contributed by atoms with Crippen molar-refractivity contribution in [1.29, 1.82) is 0 Å². The van der Waals surface area contributed by atoms with Gasteiger partial charge < -0.3 is 25.6 Å². The van der Waals surface area contributed by atoms with Crippen molar-refractivity contribution in [2.75, 3.05) is 6.61 Å². The van der Waals surface area contributed by atoms with E-state index in [0.29, 0.717) is 21.0 Å². The van der Waals surface area contributed by atoms with E-state index in [9.17, 15) is 24.6 Å². The summed E-state index contributed by atoms with van der Waals surface area (Å²) < 4.78 is 5.54. The highest BCUT2D eigenvalue weighted by Crippen LogP contribution is 2.25. The van der Waals surface area contributed by atoms with E-state index in [-0.39, 0.29) is 19.1 Å². The third kappa shape index (κ3) is 7.16. The van der Waals surface area contributed by atoms with Crippen LogP contribution in [-0.2, 0) is 25.7 Å². The van der Waals surface area contributed by atoms with Gasteiger partial charge in [0.2, 0.25) is 5.91 Å². The summed E-state index contributed by atoms with van der Waals surface area (Å²) >= 11 is 12.3. The van der Waals surface area contributed by atoms with Crippen LogP contribution < -0.4 is 21.2 Å². The molecule has 2 aromatic rings. The summed E-state index contributed by atoms with van der Waals surface area (Å²) in [6.45, 7) is 6.71. The number of aliphatic hydroxyl groups is 1. The second kappa shape index (κ2) is 12.9. The highest BCUT2D eigenvalue weighted by atomic mass is 35.5. The zero-order valence-electron chi connectivity index (χ0n) is 22.2. The van der Waals surface area contributed by atoms with Crippen LogP contribution in [0.15, 0.2) is 47.5 Å². The first-order valence-corrected chi connectivity index (χ1v) is 13.3. The zero-order valence-corrected chi connectivity index (χ0v) is 23.7. The van der Waals surface area contributed by atoms with Crippen LogP contribution in [-0.4, -0.2) is 58.3 Å². The number of hydrogen-bond acceptors (Lipinski definition) is 6. The van der Waals surface area contributed by atoms with Crippen molar-refractivity contribution in [1.82, 2.24) is 10.6 Å². The molecular weight excluding hydrogens is 545 g/mol. The molecular formula is C28H33Cl2N3O6. The Morgan fingerprint density at radius 2 is 1.69 bits per heavy atom. The number of carboxylic acid groups (broad SMARTS) is 1. The van der Waals surface area contributed by atoms with Crippen molar-refractivity contribution < 1.29 is 29.3 Å². The average Bonchev–Trinajstić information content (AvgIpc) is 3.14. The fraction of sp³-hybridized carbons (Fsp3) is 0.429. The number of amides is 2. The first-order valence-electron chi connectivity index (χ1n) is 12.5. The molecule has 11 heteroatoms. The molecule has 9 nitrogen and oxygen atoms in total. The summed E-state index contributed by atoms with van der Waals surface area (Å²) in [6.07, 6.45) is -1.92. The minimum absolute atomic E-state index is 0.0195. The quantitative estimate of drug-likeness (QED) is 0.305. The maximum atomic E-state index is 13.4. The van der Waals surface area contributed by atoms with E-state index in [1.54, 1.807) is 39.0 Å². The molecule has 39 heavy (non-hydrogen) atoms. The summed E-state index contributed by atoms with van der Waals surface area (Å²) in [5, 5.41) is 27.8. The maximum Gasteiger partial charge on any atom is 0.305 e. The van der Waals surface area contributed by atoms with E-state index < -0.39 is 47.9 Å². The lowest BCUT2D eigenvalue weighted by atomic mass is 9.91. The Kier molecular flexibility index (Phi) is 10.1. The van der Waals surface area contributed by atoms with Gasteiger partial charge in [-0.3, -0.25) is 19.4 Å². The molecule has 3 rings (SSSR count). The SMILES string of the molecule is CC1=c2ccccc2=NC1(C)C(=O)N[C@H](C(=O)NC(CC(=O)O)C(O)COCc1c(Cl)cccc1Cl)C(C)C. The molecule has 0 fully saturated rings. The number of nitrogens with one attached hydrogen (secondary N) is 2. The predicted molar refractivity (Wildman–Crippen MR) is 148 cm³/mol. The molecule has 0 bridgehead atoms. The number of benzene rings is 2. The number of nitrogens with zero attached hydrogens (tertiary/aromatic N) is 1. The van der Waals surface area contributed by atoms with E-state index in [1.165, 1.54) is 0 Å². The van der Waals surface area contributed by atoms with Gasteiger partial charge >= 0.3 is 5.97 Å². The Hall–Kier alpha value is -2.98. The molecule has 0 spiro atoms. The summed E-state index contributed by atoms with van der Waals surface area (Å²) in [7, 11) is 0. The normalized spacial score (nSPS) is 18.6. The van der Waals surface area contributed by atoms with Crippen LogP contribution in [0, 0.1) is 5.92 Å². The summed E-state index contributed by atoms with van der Waals surface area (Å²) in [5.41, 5.74) is 0.0771. The fourth-order valence-electron chi connectivity index (χ4n) is 4.33. The Bertz CT molecular complexity index is 1350. The van der Waals surface area contributed by atoms with Gasteiger partial charge in [0.1, 0.15) is 6.04 Å². The van der Waals surface area contributed by atoms with Gasteiger partial charge in [-0.25, -0.2) is 0 Å². The van der Waals surface area contributed by atoms with Gasteiger partial charge in [0.15, 0.2) is 5.54 Å². The Morgan fingerprint density at radius 3 is 2.28 bits per heavy atom. The largest absolute Gasteiger partial charge is 0.481 e. The number of fused-ring (bicyclic) bond motifs is 1. The van der Waals surface area contributed by atoms with Crippen molar-refractivity contribution in [3.63, 3.8) is 0 Å². The number of hydrogen-bond donors (Lipinski definition) is 4. The number of halogens is 2. The Labute approximate surface area is 236 Å². The van der Waals surface area contributed by atoms with Gasteiger partial charge in [-0.15, -0.1) is 0 Å². The molecule has 1 aliphatic heterocycles. The molecule has 4 atom stereocenters. The molecule has 4 N–H and O–H groups in total. The number of aliphatic hydroxyl groups excluding tert-OH is 1. The number of rotatable bonds is 12. The van der Waals surface area contributed by atoms with Gasteiger partial charge in [-0.05, 0) is 43.5 Å². The molecule has 0 radical (unpaired) electrons. The van der Waals surface area contributed by atoms with Crippen LogP contribution in [0.3, 0.4) is 0 Å². The average molecular weight is 578 g/mol. The van der Waals surface area contributed by atoms with Gasteiger partial charge in [0.05, 0.1) is 37.1 Å². The van der Waals surface area contributed by atoms with Crippen molar-refractivity contribution in [2.45, 2.75) is 64.4 Å². The maximum absolute atomic E-state index is 13.4. The van der Waals surface area contributed by atoms with Crippen molar-refractivity contribution in [3.8, 4) is 0 Å². The first-order chi connectivity index (χ1) is 18.3. The van der Waals surface area contributed by atoms with Crippen LogP contribution in [0.5, 0.6) is 0 Å². The highest BCUT2D eigenvalue weighted by Gasteiger charge is 2.40. The number of para-hydroxylation sites is 1. The van der Waals surface area contributed by atoms with Crippen LogP contribution in [0.2, 0.25) is 10.0 Å². The standard InChI is InChI=1S/C28H33Cl2N3O6/c1-15(2)25(32-27(38)28(4)16(3)17-8-5-6-11-21(17)33-28)26(37)31-22(12-24(35)36)23(34)14-39-13-18-19(29)9-7-10-20(18)30/h5-11,15,22-23,25,34H,12-14H2,1-4H3,(H,31,37)(H,32,38)(H,35,36)/t22?,23?,25-,28?/m0/s1. The minimum Gasteiger partial charge on any atom is -0.481 e. The van der Waals surface area contributed by atoms with E-state index in [2.05, 4.69) is 15.6 Å². The molecule has 0 aromatic heterocycles. The number of carboxylic acids is 1. The highest BCUT2D eigenvalue weighted by molar-refractivity contribution is 6.35. The fourth-order valence-corrected chi connectivity index (χ4v) is 4.83. The van der Waals surface area contributed by atoms with Crippen LogP contribution in [0.4, 0.5) is 0 Å². The van der Waals surface area contributed by atoms with Crippen LogP contribution >= 0.6 is 23.2 Å². The predicted octanol–water partition coefficient (Wildman–Crippen LogP) is 2.23. The first kappa shape index (κ1) is 30.6. The lowest BCUT2D eigenvalue weighted by Gasteiger charge is -2.30. The second-order valence-electron chi connectivity index (χ2n) is 10.0. The van der Waals surface area contributed by atoms with Crippen molar-refractivity contribution in [2.24, 2.45) is 10.9 Å². The topological polar surface area (TPSA) is 137 Å². The smallest absolute Gasteiger partial charge is 0.305 e. The molecule has 2 aromatic carbocycles. The lowest BCUT2D eigenvalue weighted by molar-refractivity contribution is -0.139. The zero-order chi connectivity index (χ0) is 28.9. The van der Waals surface area contributed by atoms with Crippen molar-refractivity contribution in [3.05, 3.63) is 68.6 Å². The van der Waals surface area contributed by atoms with E-state index in [4.69, 9.17) is 27.9 Å². The lowest BCUT2D eigenvalue weighted by Crippen LogP contribution is -2.58. The number of carbonyl (C=O) groups excluding carboxylic acids is 2. The molecule has 0 aliphatic carbocycles. The van der Waals surface area contributed by atoms with E-state index in [1.807, 2.05) is 31.2 Å². The van der Waals surface area contributed by atoms with Crippen LogP contribution in [0.25, 0.3) is 5.57 Å². The summed E-state index contributed by atoms with van der Waals surface area (Å²) in [4.78, 5) is 42.8. The number of carbonyl (C=O) groups is 3. The number of aliphatic carboxylic acids is 1. The third-order valence-corrected chi connectivity index (χ3v) is 7.55. The van der Waals surface area contributed by atoms with Gasteiger partial charge in [-0.2, -0.15) is 0 Å². The van der Waals surface area contributed by atoms with Gasteiger partial charge in [0.25, 0.3) is 5.91 Å². The van der Waals surface area contributed by atoms with Crippen molar-refractivity contribution >= 4 is 46.6 Å². The van der Waals surface area contributed by atoms with E-state index in [0.717, 1.165) is 10.8 Å².